The molecule has 0 unspecified atom stereocenters. The fourth-order valence-corrected chi connectivity index (χ4v) is 16.2. The molecule has 0 amide bonds. The van der Waals surface area contributed by atoms with E-state index in [1.165, 1.54) is 50.1 Å². The highest BCUT2D eigenvalue weighted by Gasteiger charge is 2.29. The van der Waals surface area contributed by atoms with Crippen molar-refractivity contribution in [3.63, 3.8) is 0 Å². The normalized spacial score (nSPS) is 12.2. The third-order valence-electron chi connectivity index (χ3n) is 22.9. The standard InChI is InChI=1S/C110H98N6O/c1-106(2,3)87-48-49-112-103(66-87)116-98-47-44-75(80-52-81(83-59-88(107(4,5)6)64-89(60-83)108(7,8)9)54-82(53-80)84-61-90(109(10,11)12)65-91(62-84)110(13,14)15)63-97(98)96-46-45-92(67-101(96)116)117-93-68-102(111-16)113-104(69-93)114-70-115(100-43-30-29-42-99(100)114)105-94(85-55-76(71-32-21-17-22-33-71)50-77(56-85)72-34-23-18-24-35-72)40-31-41-95(105)86-57-78(73-36-25-19-26-37-73)51-79(58-86)74-38-27-20-28-39-74/h17-69H,1-15H3. The van der Waals surface area contributed by atoms with Crippen LogP contribution in [0.4, 0.5) is 5.82 Å². The van der Waals surface area contributed by atoms with Gasteiger partial charge in [-0.15, -0.1) is 4.98 Å². The Morgan fingerprint density at radius 2 is 0.726 bits per heavy atom. The minimum absolute atomic E-state index is 0.0758. The number of rotatable bonds is 14. The molecule has 17 aromatic rings. The van der Waals surface area contributed by atoms with Crippen molar-refractivity contribution in [3.8, 4) is 129 Å². The topological polar surface area (TPSA) is 53.1 Å². The Morgan fingerprint density at radius 3 is 1.18 bits per heavy atom. The molecule has 0 atom stereocenters. The largest absolute Gasteiger partial charge is 0.459 e. The molecule has 7 nitrogen and oxygen atoms in total. The van der Waals surface area contributed by atoms with Crippen LogP contribution in [0.3, 0.4) is 0 Å². The number of nitrogens with zero attached hydrogens (tertiary/aromatic N) is 6. The van der Waals surface area contributed by atoms with Crippen LogP contribution >= 0.6 is 0 Å². The quantitative estimate of drug-likeness (QED) is 0.0805. The van der Waals surface area contributed by atoms with Crippen LogP contribution in [-0.4, -0.2) is 19.1 Å². The Hall–Kier alpha value is -13.3. The predicted octanol–water partition coefficient (Wildman–Crippen LogP) is 29.4. The number of ether oxygens (including phenoxy) is 1. The van der Waals surface area contributed by atoms with Crippen LogP contribution in [0.1, 0.15) is 132 Å². The van der Waals surface area contributed by atoms with Crippen LogP contribution in [0, 0.1) is 12.9 Å². The molecule has 117 heavy (non-hydrogen) atoms. The average Bonchev–Trinajstić information content (AvgIpc) is 1.61. The number of pyridine rings is 2. The van der Waals surface area contributed by atoms with Gasteiger partial charge in [0.15, 0.2) is 0 Å². The van der Waals surface area contributed by atoms with Crippen molar-refractivity contribution < 1.29 is 9.30 Å². The van der Waals surface area contributed by atoms with Crippen molar-refractivity contribution in [2.24, 2.45) is 0 Å². The maximum atomic E-state index is 8.69. The molecular formula is C110H98N6O. The number of para-hydroxylation sites is 3. The summed E-state index contributed by atoms with van der Waals surface area (Å²) in [6, 6.07) is 114. The number of hydrogen-bond acceptors (Lipinski definition) is 3. The summed E-state index contributed by atoms with van der Waals surface area (Å²) >= 11 is 0. The Bertz CT molecular complexity index is 6300. The number of aromatic nitrogens is 5. The highest BCUT2D eigenvalue weighted by atomic mass is 16.5. The van der Waals surface area contributed by atoms with Gasteiger partial charge in [0.2, 0.25) is 0 Å². The minimum Gasteiger partial charge on any atom is -0.459 e. The summed E-state index contributed by atoms with van der Waals surface area (Å²) in [5.74, 6) is 2.46. The maximum Gasteiger partial charge on any atom is 0.272 e. The Labute approximate surface area is 689 Å². The van der Waals surface area contributed by atoms with E-state index >= 15 is 0 Å². The second-order valence-corrected chi connectivity index (χ2v) is 36.6. The second kappa shape index (κ2) is 29.8. The van der Waals surface area contributed by atoms with Crippen LogP contribution in [0.25, 0.3) is 155 Å². The van der Waals surface area contributed by atoms with Crippen molar-refractivity contribution >= 4 is 38.7 Å². The van der Waals surface area contributed by atoms with E-state index < -0.39 is 0 Å². The fraction of sp³-hybridized carbons (Fsp3) is 0.182. The summed E-state index contributed by atoms with van der Waals surface area (Å²) in [5.41, 5.74) is 30.4. The molecule has 0 spiro atoms. The van der Waals surface area contributed by atoms with E-state index in [-0.39, 0.29) is 32.9 Å². The monoisotopic (exact) mass is 1520 g/mol. The molecule has 0 saturated heterocycles. The van der Waals surface area contributed by atoms with E-state index in [1.54, 1.807) is 6.07 Å². The molecule has 574 valence electrons. The predicted molar refractivity (Wildman–Crippen MR) is 489 cm³/mol. The molecule has 4 heterocycles. The Balaban J connectivity index is 0.832. The van der Waals surface area contributed by atoms with E-state index in [1.807, 2.05) is 29.0 Å². The van der Waals surface area contributed by atoms with Gasteiger partial charge in [-0.25, -0.2) is 4.98 Å². The molecule has 0 saturated carbocycles. The molecule has 0 bridgehead atoms. The Morgan fingerprint density at radius 1 is 0.308 bits per heavy atom. The van der Waals surface area contributed by atoms with Crippen LogP contribution in [-0.2, 0) is 27.1 Å². The van der Waals surface area contributed by atoms with Crippen molar-refractivity contribution in [2.75, 3.05) is 0 Å². The number of hydrogen-bond donors (Lipinski definition) is 0. The smallest absolute Gasteiger partial charge is 0.272 e. The van der Waals surface area contributed by atoms with Gasteiger partial charge in [-0.05, 0) is 246 Å². The number of imidazole rings is 1. The van der Waals surface area contributed by atoms with Crippen molar-refractivity contribution in [1.82, 2.24) is 19.1 Å². The van der Waals surface area contributed by atoms with E-state index in [0.717, 1.165) is 122 Å². The van der Waals surface area contributed by atoms with Crippen molar-refractivity contribution in [2.45, 2.75) is 131 Å². The zero-order valence-electron chi connectivity index (χ0n) is 69.7. The van der Waals surface area contributed by atoms with Crippen LogP contribution < -0.4 is 9.30 Å². The summed E-state index contributed by atoms with van der Waals surface area (Å²) in [4.78, 5) is 14.4. The van der Waals surface area contributed by atoms with Crippen molar-refractivity contribution in [1.29, 1.82) is 0 Å². The van der Waals surface area contributed by atoms with E-state index in [2.05, 4.69) is 415 Å². The molecule has 13 aromatic carbocycles. The summed E-state index contributed by atoms with van der Waals surface area (Å²) in [6.45, 7) is 43.3. The lowest BCUT2D eigenvalue weighted by Gasteiger charge is -2.27. The average molecular weight is 1520 g/mol. The van der Waals surface area contributed by atoms with Gasteiger partial charge in [0.1, 0.15) is 17.3 Å². The summed E-state index contributed by atoms with van der Waals surface area (Å²) in [7, 11) is 0. The van der Waals surface area contributed by atoms with Gasteiger partial charge in [-0.1, -0.05) is 317 Å². The molecule has 0 aliphatic rings. The van der Waals surface area contributed by atoms with E-state index in [0.29, 0.717) is 17.3 Å². The molecule has 4 aromatic heterocycles. The van der Waals surface area contributed by atoms with Gasteiger partial charge in [0, 0.05) is 35.2 Å². The minimum atomic E-state index is -0.157. The first-order valence-corrected chi connectivity index (χ1v) is 40.8. The molecule has 0 N–H and O–H groups in total. The summed E-state index contributed by atoms with van der Waals surface area (Å²) in [6.07, 6.45) is 5.85. The first kappa shape index (κ1) is 76.4. The van der Waals surface area contributed by atoms with Crippen LogP contribution in [0.15, 0.2) is 322 Å². The summed E-state index contributed by atoms with van der Waals surface area (Å²) < 4.78 is 13.6. The van der Waals surface area contributed by atoms with Gasteiger partial charge < -0.3 is 9.58 Å². The van der Waals surface area contributed by atoms with E-state index in [4.69, 9.17) is 21.3 Å². The zero-order chi connectivity index (χ0) is 81.5. The molecule has 0 aliphatic carbocycles. The van der Waals surface area contributed by atoms with Crippen molar-refractivity contribution in [3.05, 3.63) is 367 Å². The maximum absolute atomic E-state index is 8.69. The van der Waals surface area contributed by atoms with Gasteiger partial charge >= 0.3 is 0 Å². The molecule has 0 radical (unpaired) electrons. The lowest BCUT2D eigenvalue weighted by molar-refractivity contribution is -0.571. The third-order valence-corrected chi connectivity index (χ3v) is 22.9. The third kappa shape index (κ3) is 15.4. The first-order valence-electron chi connectivity index (χ1n) is 40.8. The van der Waals surface area contributed by atoms with Gasteiger partial charge in [-0.3, -0.25) is 13.7 Å². The lowest BCUT2D eigenvalue weighted by atomic mass is 9.78. The van der Waals surface area contributed by atoms with E-state index in [9.17, 15) is 0 Å². The van der Waals surface area contributed by atoms with Gasteiger partial charge in [0.05, 0.1) is 27.8 Å². The molecule has 0 fully saturated rings. The van der Waals surface area contributed by atoms with Gasteiger partial charge in [0.25, 0.3) is 18.0 Å². The molecule has 17 rings (SSSR count). The fourth-order valence-electron chi connectivity index (χ4n) is 16.2. The molecule has 7 heteroatoms. The first-order chi connectivity index (χ1) is 56.0. The highest BCUT2D eigenvalue weighted by Crippen LogP contribution is 2.46. The highest BCUT2D eigenvalue weighted by molar-refractivity contribution is 6.11. The van der Waals surface area contributed by atoms with Crippen LogP contribution in [0.2, 0.25) is 0 Å². The lowest BCUT2D eigenvalue weighted by Crippen LogP contribution is -2.31. The number of fused-ring (bicyclic) bond motifs is 4. The molecule has 0 aliphatic heterocycles. The number of benzene rings is 13. The second-order valence-electron chi connectivity index (χ2n) is 36.6. The summed E-state index contributed by atoms with van der Waals surface area (Å²) in [5, 5.41) is 2.12. The van der Waals surface area contributed by atoms with Gasteiger partial charge in [-0.2, -0.15) is 0 Å². The van der Waals surface area contributed by atoms with Crippen LogP contribution in [0.5, 0.6) is 11.5 Å². The Kier molecular flexibility index (Phi) is 19.5. The zero-order valence-corrected chi connectivity index (χ0v) is 69.7. The SMILES string of the molecule is [C-]#[N+]c1cc(Oc2ccc3c4cc(-c5cc(-c6cc(C(C)(C)C)cc(C(C)(C)C)c6)cc(-c6cc(C(C)(C)C)cc(C(C)(C)C)c6)c5)ccc4n(-c4cc(C(C)(C)C)ccn4)c3c2)cc(-n2[c-][n+](-c3c(-c4cc(-c5ccccc5)cc(-c5ccccc5)c4)cccc3-c3cc(-c4ccccc4)cc(-c4ccccc4)c3)c3ccccc32)n1. The molecular weight excluding hydrogens is 1420 g/mol.